The second kappa shape index (κ2) is 9.85. The van der Waals surface area contributed by atoms with Crippen molar-refractivity contribution in [1.82, 2.24) is 15.1 Å². The number of nitrogens with two attached hydrogens (primary N) is 1. The van der Waals surface area contributed by atoms with Crippen LogP contribution in [0.4, 0.5) is 0 Å². The van der Waals surface area contributed by atoms with Crippen LogP contribution < -0.4 is 11.1 Å². The van der Waals surface area contributed by atoms with E-state index >= 15 is 0 Å². The van der Waals surface area contributed by atoms with Crippen LogP contribution in [0, 0.1) is 0 Å². The molecule has 3 N–H and O–H groups in total. The summed E-state index contributed by atoms with van der Waals surface area (Å²) in [5.74, 6) is 0.229. The maximum absolute atomic E-state index is 12.3. The first-order chi connectivity index (χ1) is 11.2. The average Bonchev–Trinajstić information content (AvgIpc) is 2.59. The van der Waals surface area contributed by atoms with Gasteiger partial charge < -0.3 is 20.7 Å². The van der Waals surface area contributed by atoms with Gasteiger partial charge >= 0.3 is 0 Å². The smallest absolute Gasteiger partial charge is 0.224 e. The highest BCUT2D eigenvalue weighted by molar-refractivity contribution is 5.76. The van der Waals surface area contributed by atoms with Crippen molar-refractivity contribution in [1.29, 1.82) is 0 Å². The Hall–Kier alpha value is -1.18. The Morgan fingerprint density at radius 1 is 1.13 bits per heavy atom. The summed E-state index contributed by atoms with van der Waals surface area (Å²) in [6.07, 6.45) is 4.36. The summed E-state index contributed by atoms with van der Waals surface area (Å²) >= 11 is 0. The van der Waals surface area contributed by atoms with E-state index in [-0.39, 0.29) is 11.8 Å². The number of piperidine rings is 1. The molecule has 7 heteroatoms. The third-order valence-electron chi connectivity index (χ3n) is 4.63. The molecule has 2 saturated heterocycles. The van der Waals surface area contributed by atoms with Crippen molar-refractivity contribution < 1.29 is 14.3 Å². The van der Waals surface area contributed by atoms with Crippen molar-refractivity contribution in [2.75, 3.05) is 52.5 Å². The topological polar surface area (TPSA) is 87.9 Å². The molecular weight excluding hydrogens is 296 g/mol. The average molecular weight is 326 g/mol. The Kier molecular flexibility index (Phi) is 7.78. The van der Waals surface area contributed by atoms with Gasteiger partial charge in [0, 0.05) is 51.6 Å². The fraction of sp³-hybridized carbons (Fsp3) is 0.875. The molecule has 2 rings (SSSR count). The van der Waals surface area contributed by atoms with E-state index in [1.54, 1.807) is 0 Å². The number of rotatable bonds is 7. The Morgan fingerprint density at radius 3 is 2.65 bits per heavy atom. The molecule has 1 unspecified atom stereocenters. The minimum Gasteiger partial charge on any atom is -0.378 e. The molecule has 23 heavy (non-hydrogen) atoms. The van der Waals surface area contributed by atoms with Gasteiger partial charge in [0.1, 0.15) is 0 Å². The zero-order valence-electron chi connectivity index (χ0n) is 14.0. The highest BCUT2D eigenvalue weighted by Crippen LogP contribution is 2.17. The quantitative estimate of drug-likeness (QED) is 0.662. The highest BCUT2D eigenvalue weighted by atomic mass is 16.5. The predicted molar refractivity (Wildman–Crippen MR) is 87.9 cm³/mol. The molecular formula is C16H30N4O3. The summed E-state index contributed by atoms with van der Waals surface area (Å²) in [5.41, 5.74) is 5.40. The van der Waals surface area contributed by atoms with Crippen molar-refractivity contribution in [3.05, 3.63) is 0 Å². The first-order valence-corrected chi connectivity index (χ1v) is 8.77. The lowest BCUT2D eigenvalue weighted by Crippen LogP contribution is -2.48. The molecule has 1 atom stereocenters. The minimum atomic E-state index is 0.0161. The molecule has 0 aromatic heterocycles. The summed E-state index contributed by atoms with van der Waals surface area (Å²) in [7, 11) is 0. The number of nitrogens with zero attached hydrogens (tertiary/aromatic N) is 2. The van der Waals surface area contributed by atoms with Crippen molar-refractivity contribution in [2.24, 2.45) is 5.73 Å². The zero-order chi connectivity index (χ0) is 16.5. The largest absolute Gasteiger partial charge is 0.378 e. The molecule has 0 radical (unpaired) electrons. The SMILES string of the molecule is NCCC(=O)NCC1CCCCN1CCC(=O)N1CCOCC1. The monoisotopic (exact) mass is 326 g/mol. The Morgan fingerprint density at radius 2 is 1.91 bits per heavy atom. The van der Waals surface area contributed by atoms with Crippen molar-refractivity contribution in [3.8, 4) is 0 Å². The number of likely N-dealkylation sites (tertiary alicyclic amines) is 1. The van der Waals surface area contributed by atoms with E-state index in [9.17, 15) is 9.59 Å². The van der Waals surface area contributed by atoms with Crippen LogP contribution in [0.25, 0.3) is 0 Å². The van der Waals surface area contributed by atoms with Gasteiger partial charge in [-0.25, -0.2) is 0 Å². The van der Waals surface area contributed by atoms with Gasteiger partial charge in [0.05, 0.1) is 13.2 Å². The van der Waals surface area contributed by atoms with E-state index in [1.807, 2.05) is 4.90 Å². The van der Waals surface area contributed by atoms with Crippen LogP contribution in [0.3, 0.4) is 0 Å². The van der Waals surface area contributed by atoms with Crippen LogP contribution in [0.1, 0.15) is 32.1 Å². The molecule has 0 aromatic carbocycles. The Bertz CT molecular complexity index is 386. The molecule has 0 aliphatic carbocycles. The molecule has 2 fully saturated rings. The fourth-order valence-electron chi connectivity index (χ4n) is 3.25. The van der Waals surface area contributed by atoms with Crippen molar-refractivity contribution in [2.45, 2.75) is 38.1 Å². The number of carbonyl (C=O) groups excluding carboxylic acids is 2. The molecule has 2 amide bonds. The lowest BCUT2D eigenvalue weighted by Gasteiger charge is -2.36. The maximum atomic E-state index is 12.3. The number of morpholine rings is 1. The van der Waals surface area contributed by atoms with Gasteiger partial charge in [0.15, 0.2) is 0 Å². The third kappa shape index (κ3) is 6.08. The number of hydrogen-bond acceptors (Lipinski definition) is 5. The highest BCUT2D eigenvalue weighted by Gasteiger charge is 2.24. The van der Waals surface area contributed by atoms with Crippen molar-refractivity contribution in [3.63, 3.8) is 0 Å². The molecule has 2 aliphatic heterocycles. The van der Waals surface area contributed by atoms with Gasteiger partial charge in [-0.2, -0.15) is 0 Å². The lowest BCUT2D eigenvalue weighted by atomic mass is 10.0. The van der Waals surface area contributed by atoms with E-state index in [2.05, 4.69) is 10.2 Å². The Balaban J connectivity index is 1.74. The van der Waals surface area contributed by atoms with Crippen LogP contribution in [0.2, 0.25) is 0 Å². The van der Waals surface area contributed by atoms with Crippen LogP contribution in [-0.2, 0) is 14.3 Å². The maximum Gasteiger partial charge on any atom is 0.224 e. The van der Waals surface area contributed by atoms with E-state index in [0.717, 1.165) is 19.5 Å². The third-order valence-corrected chi connectivity index (χ3v) is 4.63. The van der Waals surface area contributed by atoms with E-state index in [0.29, 0.717) is 58.3 Å². The van der Waals surface area contributed by atoms with E-state index in [4.69, 9.17) is 10.5 Å². The number of nitrogens with one attached hydrogen (secondary N) is 1. The normalized spacial score (nSPS) is 22.8. The first kappa shape index (κ1) is 18.2. The van der Waals surface area contributed by atoms with Crippen LogP contribution in [0.15, 0.2) is 0 Å². The number of amides is 2. The van der Waals surface area contributed by atoms with E-state index < -0.39 is 0 Å². The van der Waals surface area contributed by atoms with Gasteiger partial charge in [-0.05, 0) is 19.4 Å². The Labute approximate surface area is 138 Å². The molecule has 2 heterocycles. The second-order valence-electron chi connectivity index (χ2n) is 6.27. The minimum absolute atomic E-state index is 0.0161. The standard InChI is InChI=1S/C16H30N4O3/c17-6-4-15(21)18-13-14-3-1-2-7-19(14)8-5-16(22)20-9-11-23-12-10-20/h14H,1-13,17H2,(H,18,21). The van der Waals surface area contributed by atoms with Crippen LogP contribution >= 0.6 is 0 Å². The molecule has 132 valence electrons. The summed E-state index contributed by atoms with van der Waals surface area (Å²) in [6.45, 7) is 5.52. The number of carbonyl (C=O) groups is 2. The number of hydrogen-bond donors (Lipinski definition) is 2. The lowest BCUT2D eigenvalue weighted by molar-refractivity contribution is -0.135. The predicted octanol–water partition coefficient (Wildman–Crippen LogP) is -0.445. The van der Waals surface area contributed by atoms with Crippen molar-refractivity contribution >= 4 is 11.8 Å². The molecule has 0 saturated carbocycles. The first-order valence-electron chi connectivity index (χ1n) is 8.77. The molecule has 2 aliphatic rings. The fourth-order valence-corrected chi connectivity index (χ4v) is 3.25. The molecule has 0 bridgehead atoms. The molecule has 0 spiro atoms. The van der Waals surface area contributed by atoms with Gasteiger partial charge in [0.25, 0.3) is 0 Å². The van der Waals surface area contributed by atoms with Gasteiger partial charge in [-0.15, -0.1) is 0 Å². The zero-order valence-corrected chi connectivity index (χ0v) is 14.0. The van der Waals surface area contributed by atoms with Gasteiger partial charge in [0.2, 0.25) is 11.8 Å². The summed E-state index contributed by atoms with van der Waals surface area (Å²) in [4.78, 5) is 28.1. The second-order valence-corrected chi connectivity index (χ2v) is 6.27. The van der Waals surface area contributed by atoms with Crippen LogP contribution in [0.5, 0.6) is 0 Å². The summed E-state index contributed by atoms with van der Waals surface area (Å²) in [5, 5.41) is 2.96. The molecule has 0 aromatic rings. The number of ether oxygens (including phenoxy) is 1. The summed E-state index contributed by atoms with van der Waals surface area (Å²) < 4.78 is 5.28. The van der Waals surface area contributed by atoms with E-state index in [1.165, 1.54) is 12.8 Å². The van der Waals surface area contributed by atoms with Gasteiger partial charge in [-0.3, -0.25) is 14.5 Å². The van der Waals surface area contributed by atoms with Gasteiger partial charge in [-0.1, -0.05) is 6.42 Å². The summed E-state index contributed by atoms with van der Waals surface area (Å²) in [6, 6.07) is 0.336. The molecule has 7 nitrogen and oxygen atoms in total. The van der Waals surface area contributed by atoms with Crippen LogP contribution in [-0.4, -0.2) is 80.1 Å².